The van der Waals surface area contributed by atoms with Gasteiger partial charge in [0, 0.05) is 31.0 Å². The molecule has 0 radical (unpaired) electrons. The number of hydrogen-bond acceptors (Lipinski definition) is 3. The highest BCUT2D eigenvalue weighted by molar-refractivity contribution is 5.99. The smallest absolute Gasteiger partial charge is 0.207 e. The van der Waals surface area contributed by atoms with Crippen molar-refractivity contribution in [1.29, 1.82) is 5.26 Å². The summed E-state index contributed by atoms with van der Waals surface area (Å²) >= 11 is 0. The van der Waals surface area contributed by atoms with Crippen LogP contribution in [0.2, 0.25) is 0 Å². The second kappa shape index (κ2) is 9.14. The van der Waals surface area contributed by atoms with E-state index in [0.29, 0.717) is 12.4 Å². The van der Waals surface area contributed by atoms with Crippen LogP contribution < -0.4 is 0 Å². The van der Waals surface area contributed by atoms with Gasteiger partial charge in [0.1, 0.15) is 5.84 Å². The van der Waals surface area contributed by atoms with Crippen LogP contribution in [0, 0.1) is 11.5 Å². The van der Waals surface area contributed by atoms with E-state index in [4.69, 9.17) is 0 Å². The summed E-state index contributed by atoms with van der Waals surface area (Å²) in [5.74, 6) is 0.653. The Morgan fingerprint density at radius 2 is 1.62 bits per heavy atom. The first-order valence-corrected chi connectivity index (χ1v) is 8.57. The van der Waals surface area contributed by atoms with Gasteiger partial charge in [-0.25, -0.2) is 0 Å². The van der Waals surface area contributed by atoms with E-state index < -0.39 is 0 Å². The summed E-state index contributed by atoms with van der Waals surface area (Å²) in [5.41, 5.74) is 3.28. The van der Waals surface area contributed by atoms with Crippen LogP contribution >= 0.6 is 0 Å². The largest absolute Gasteiger partial charge is 0.351 e. The van der Waals surface area contributed by atoms with Gasteiger partial charge in [0.05, 0.1) is 0 Å². The Morgan fingerprint density at radius 1 is 0.923 bits per heavy atom. The number of hydrogen-bond donors (Lipinski definition) is 0. The van der Waals surface area contributed by atoms with Gasteiger partial charge in [0.15, 0.2) is 0 Å². The van der Waals surface area contributed by atoms with Crippen molar-refractivity contribution in [2.24, 2.45) is 4.99 Å². The molecule has 128 valence electrons. The van der Waals surface area contributed by atoms with E-state index in [9.17, 15) is 5.26 Å². The molecule has 0 N–H and O–H groups in total. The number of amidine groups is 1. The van der Waals surface area contributed by atoms with E-state index in [0.717, 1.165) is 18.5 Å². The molecule has 1 heterocycles. The van der Waals surface area contributed by atoms with Crippen LogP contribution in [0.3, 0.4) is 0 Å². The normalized spacial score (nSPS) is 11.0. The lowest BCUT2D eigenvalue weighted by Gasteiger charge is -2.26. The molecule has 0 spiro atoms. The second-order valence-corrected chi connectivity index (χ2v) is 5.92. The number of nitriles is 1. The molecule has 0 amide bonds. The van der Waals surface area contributed by atoms with Crippen LogP contribution in [0.1, 0.15) is 16.7 Å². The summed E-state index contributed by atoms with van der Waals surface area (Å²) in [5, 5.41) is 9.21. The summed E-state index contributed by atoms with van der Waals surface area (Å²) in [7, 11) is 0. The van der Waals surface area contributed by atoms with Crippen molar-refractivity contribution in [2.45, 2.75) is 13.0 Å². The number of benzene rings is 2. The van der Waals surface area contributed by atoms with Gasteiger partial charge in [0.25, 0.3) is 0 Å². The zero-order valence-electron chi connectivity index (χ0n) is 14.5. The van der Waals surface area contributed by atoms with Crippen LogP contribution in [0.15, 0.2) is 90.2 Å². The maximum Gasteiger partial charge on any atom is 0.207 e. The molecule has 0 atom stereocenters. The van der Waals surface area contributed by atoms with E-state index in [1.165, 1.54) is 11.1 Å². The number of aromatic nitrogens is 1. The fourth-order valence-corrected chi connectivity index (χ4v) is 2.83. The first kappa shape index (κ1) is 17.4. The van der Waals surface area contributed by atoms with Gasteiger partial charge in [0.2, 0.25) is 6.19 Å². The van der Waals surface area contributed by atoms with Crippen LogP contribution in [0.25, 0.3) is 0 Å². The van der Waals surface area contributed by atoms with Crippen LogP contribution in [-0.2, 0) is 13.0 Å². The molecule has 4 heteroatoms. The quantitative estimate of drug-likeness (QED) is 0.386. The molecule has 2 aromatic carbocycles. The maximum absolute atomic E-state index is 9.21. The third kappa shape index (κ3) is 4.78. The number of rotatable bonds is 6. The summed E-state index contributed by atoms with van der Waals surface area (Å²) in [6, 6.07) is 24.4. The predicted octanol–water partition coefficient (Wildman–Crippen LogP) is 4.05. The first-order valence-electron chi connectivity index (χ1n) is 8.57. The van der Waals surface area contributed by atoms with Gasteiger partial charge in [-0.15, -0.1) is 0 Å². The number of nitrogens with zero attached hydrogens (tertiary/aromatic N) is 4. The Hall–Kier alpha value is -3.45. The lowest BCUT2D eigenvalue weighted by atomic mass is 10.1. The van der Waals surface area contributed by atoms with Crippen LogP contribution in [0.4, 0.5) is 0 Å². The van der Waals surface area contributed by atoms with E-state index in [1.807, 2.05) is 54.7 Å². The minimum atomic E-state index is 0.653. The van der Waals surface area contributed by atoms with Gasteiger partial charge in [-0.2, -0.15) is 10.3 Å². The van der Waals surface area contributed by atoms with E-state index >= 15 is 0 Å². The van der Waals surface area contributed by atoms with Crippen molar-refractivity contribution in [3.8, 4) is 6.19 Å². The molecule has 0 saturated carbocycles. The van der Waals surface area contributed by atoms with Crippen molar-refractivity contribution in [3.63, 3.8) is 0 Å². The van der Waals surface area contributed by atoms with Gasteiger partial charge >= 0.3 is 0 Å². The zero-order chi connectivity index (χ0) is 18.0. The molecule has 0 unspecified atom stereocenters. The second-order valence-electron chi connectivity index (χ2n) is 5.92. The summed E-state index contributed by atoms with van der Waals surface area (Å²) < 4.78 is 0. The average Bonchev–Trinajstić information content (AvgIpc) is 2.72. The van der Waals surface area contributed by atoms with Crippen molar-refractivity contribution in [3.05, 3.63) is 102 Å². The van der Waals surface area contributed by atoms with E-state index in [1.54, 1.807) is 12.4 Å². The van der Waals surface area contributed by atoms with E-state index in [-0.39, 0.29) is 0 Å². The minimum absolute atomic E-state index is 0.653. The SMILES string of the molecule is N#CN=C(c1cccnc1)N(CCc1ccccc1)Cc1ccccc1. The summed E-state index contributed by atoms with van der Waals surface area (Å²) in [6.07, 6.45) is 6.29. The molecular weight excluding hydrogens is 320 g/mol. The topological polar surface area (TPSA) is 52.3 Å². The fraction of sp³-hybridized carbons (Fsp3) is 0.136. The van der Waals surface area contributed by atoms with Gasteiger partial charge in [-0.05, 0) is 29.7 Å². The molecule has 3 aromatic rings. The Bertz CT molecular complexity index is 868. The van der Waals surface area contributed by atoms with Gasteiger partial charge in [-0.1, -0.05) is 60.7 Å². The Labute approximate surface area is 154 Å². The summed E-state index contributed by atoms with van der Waals surface area (Å²) in [6.45, 7) is 1.44. The Morgan fingerprint density at radius 3 is 2.23 bits per heavy atom. The highest BCUT2D eigenvalue weighted by Crippen LogP contribution is 2.12. The third-order valence-corrected chi connectivity index (χ3v) is 4.10. The lowest BCUT2D eigenvalue weighted by molar-refractivity contribution is 0.417. The van der Waals surface area contributed by atoms with Crippen molar-refractivity contribution in [1.82, 2.24) is 9.88 Å². The highest BCUT2D eigenvalue weighted by atomic mass is 15.2. The molecule has 4 nitrogen and oxygen atoms in total. The lowest BCUT2D eigenvalue weighted by Crippen LogP contribution is -2.33. The molecule has 0 bridgehead atoms. The van der Waals surface area contributed by atoms with Gasteiger partial charge < -0.3 is 4.90 Å². The summed E-state index contributed by atoms with van der Waals surface area (Å²) in [4.78, 5) is 10.4. The molecule has 0 aliphatic carbocycles. The number of pyridine rings is 1. The first-order chi connectivity index (χ1) is 12.9. The fourth-order valence-electron chi connectivity index (χ4n) is 2.83. The third-order valence-electron chi connectivity index (χ3n) is 4.10. The average molecular weight is 340 g/mol. The van der Waals surface area contributed by atoms with E-state index in [2.05, 4.69) is 39.1 Å². The molecule has 0 saturated heterocycles. The van der Waals surface area contributed by atoms with Crippen molar-refractivity contribution >= 4 is 5.84 Å². The minimum Gasteiger partial charge on any atom is -0.351 e. The van der Waals surface area contributed by atoms with Crippen molar-refractivity contribution < 1.29 is 0 Å². The standard InChI is InChI=1S/C22H20N4/c23-18-25-22(21-12-7-14-24-16-21)26(17-20-10-5-2-6-11-20)15-13-19-8-3-1-4-9-19/h1-12,14,16H,13,15,17H2. The molecule has 0 aliphatic heterocycles. The molecule has 26 heavy (non-hydrogen) atoms. The predicted molar refractivity (Wildman–Crippen MR) is 103 cm³/mol. The Balaban J connectivity index is 1.87. The molecule has 0 fully saturated rings. The zero-order valence-corrected chi connectivity index (χ0v) is 14.5. The van der Waals surface area contributed by atoms with Gasteiger partial charge in [-0.3, -0.25) is 4.98 Å². The van der Waals surface area contributed by atoms with Crippen LogP contribution in [0.5, 0.6) is 0 Å². The molecule has 0 aliphatic rings. The maximum atomic E-state index is 9.21. The molecule has 3 rings (SSSR count). The van der Waals surface area contributed by atoms with Crippen LogP contribution in [-0.4, -0.2) is 22.3 Å². The highest BCUT2D eigenvalue weighted by Gasteiger charge is 2.15. The van der Waals surface area contributed by atoms with Crippen molar-refractivity contribution in [2.75, 3.05) is 6.54 Å². The molecular formula is C22H20N4. The molecule has 1 aromatic heterocycles. The Kier molecular flexibility index (Phi) is 6.11. The number of aliphatic imine (C=N–C) groups is 1. The monoisotopic (exact) mass is 340 g/mol.